The predicted molar refractivity (Wildman–Crippen MR) is 67.1 cm³/mol. The first-order valence-corrected chi connectivity index (χ1v) is 5.23. The maximum Gasteiger partial charge on any atom is 0.101 e. The molecule has 0 unspecified atom stereocenters. The number of nitrogens with two attached hydrogens (primary N) is 1. The van der Waals surface area contributed by atoms with Gasteiger partial charge in [0.1, 0.15) is 6.07 Å². The van der Waals surface area contributed by atoms with Gasteiger partial charge in [-0.25, -0.2) is 0 Å². The van der Waals surface area contributed by atoms with Crippen LogP contribution in [0.3, 0.4) is 0 Å². The van der Waals surface area contributed by atoms with Gasteiger partial charge in [-0.15, -0.1) is 0 Å². The summed E-state index contributed by atoms with van der Waals surface area (Å²) in [6.07, 6.45) is 1.74. The molecule has 4 heteroatoms. The van der Waals surface area contributed by atoms with E-state index in [-0.39, 0.29) is 0 Å². The molecule has 0 saturated heterocycles. The lowest BCUT2D eigenvalue weighted by Gasteiger charge is -2.08. The molecule has 2 aromatic rings. The zero-order chi connectivity index (χ0) is 12.1. The van der Waals surface area contributed by atoms with Crippen LogP contribution in [0.4, 0.5) is 11.4 Å². The molecule has 0 aliphatic carbocycles. The van der Waals surface area contributed by atoms with Crippen molar-refractivity contribution in [2.45, 2.75) is 6.54 Å². The standard InChI is InChI=1S/C13H12N4/c14-8-10-7-11(15)4-5-13(10)17-9-12-3-1-2-6-16-12/h1-7,17H,9,15H2. The molecule has 0 atom stereocenters. The van der Waals surface area contributed by atoms with Gasteiger partial charge in [-0.2, -0.15) is 5.26 Å². The van der Waals surface area contributed by atoms with Crippen LogP contribution in [0.5, 0.6) is 0 Å². The topological polar surface area (TPSA) is 74.7 Å². The summed E-state index contributed by atoms with van der Waals surface area (Å²) in [5.74, 6) is 0. The molecule has 0 amide bonds. The molecule has 1 aromatic carbocycles. The summed E-state index contributed by atoms with van der Waals surface area (Å²) in [5, 5.41) is 12.1. The fourth-order valence-electron chi connectivity index (χ4n) is 1.50. The van der Waals surface area contributed by atoms with Gasteiger partial charge in [0.25, 0.3) is 0 Å². The number of hydrogen-bond donors (Lipinski definition) is 2. The lowest BCUT2D eigenvalue weighted by molar-refractivity contribution is 1.04. The summed E-state index contributed by atoms with van der Waals surface area (Å²) in [5.41, 5.74) is 8.44. The van der Waals surface area contributed by atoms with Crippen molar-refractivity contribution in [2.24, 2.45) is 0 Å². The summed E-state index contributed by atoms with van der Waals surface area (Å²) in [6, 6.07) is 13.1. The lowest BCUT2D eigenvalue weighted by Crippen LogP contribution is -2.03. The summed E-state index contributed by atoms with van der Waals surface area (Å²) in [4.78, 5) is 4.20. The number of nitriles is 1. The molecule has 0 fully saturated rings. The van der Waals surface area contributed by atoms with Crippen molar-refractivity contribution in [3.63, 3.8) is 0 Å². The van der Waals surface area contributed by atoms with Crippen LogP contribution in [0, 0.1) is 11.3 Å². The van der Waals surface area contributed by atoms with Crippen LogP contribution < -0.4 is 11.1 Å². The highest BCUT2D eigenvalue weighted by Gasteiger charge is 2.02. The van der Waals surface area contributed by atoms with E-state index in [2.05, 4.69) is 16.4 Å². The van der Waals surface area contributed by atoms with Gasteiger partial charge in [0.2, 0.25) is 0 Å². The van der Waals surface area contributed by atoms with Crippen LogP contribution in [-0.2, 0) is 6.54 Å². The van der Waals surface area contributed by atoms with Gasteiger partial charge in [-0.3, -0.25) is 4.98 Å². The molecule has 0 aliphatic heterocycles. The first kappa shape index (κ1) is 11.0. The molecule has 3 N–H and O–H groups in total. The number of aromatic nitrogens is 1. The van der Waals surface area contributed by atoms with Crippen molar-refractivity contribution in [1.82, 2.24) is 4.98 Å². The predicted octanol–water partition coefficient (Wildman–Crippen LogP) is 2.15. The quantitative estimate of drug-likeness (QED) is 0.783. The Kier molecular flexibility index (Phi) is 3.22. The number of nitrogen functional groups attached to an aromatic ring is 1. The highest BCUT2D eigenvalue weighted by Crippen LogP contribution is 2.18. The molecule has 1 heterocycles. The van der Waals surface area contributed by atoms with Crippen molar-refractivity contribution in [3.8, 4) is 6.07 Å². The van der Waals surface area contributed by atoms with Gasteiger partial charge in [-0.1, -0.05) is 6.07 Å². The maximum absolute atomic E-state index is 8.98. The highest BCUT2D eigenvalue weighted by atomic mass is 14.9. The number of anilines is 2. The Morgan fingerprint density at radius 2 is 2.18 bits per heavy atom. The number of nitrogens with one attached hydrogen (secondary N) is 1. The van der Waals surface area contributed by atoms with E-state index in [0.717, 1.165) is 11.4 Å². The Balaban J connectivity index is 2.12. The van der Waals surface area contributed by atoms with Crippen LogP contribution in [0.1, 0.15) is 11.3 Å². The Labute approximate surface area is 99.7 Å². The van der Waals surface area contributed by atoms with Gasteiger partial charge in [0.05, 0.1) is 23.5 Å². The second-order valence-electron chi connectivity index (χ2n) is 3.59. The largest absolute Gasteiger partial charge is 0.399 e. The maximum atomic E-state index is 8.98. The van der Waals surface area contributed by atoms with E-state index < -0.39 is 0 Å². The molecule has 17 heavy (non-hydrogen) atoms. The minimum absolute atomic E-state index is 0.543. The molecular weight excluding hydrogens is 212 g/mol. The number of pyridine rings is 1. The number of benzene rings is 1. The molecule has 0 aliphatic rings. The molecular formula is C13H12N4. The van der Waals surface area contributed by atoms with E-state index in [4.69, 9.17) is 11.0 Å². The van der Waals surface area contributed by atoms with E-state index in [1.54, 1.807) is 24.4 Å². The van der Waals surface area contributed by atoms with E-state index in [1.165, 1.54) is 0 Å². The van der Waals surface area contributed by atoms with Crippen molar-refractivity contribution in [1.29, 1.82) is 5.26 Å². The van der Waals surface area contributed by atoms with Crippen molar-refractivity contribution >= 4 is 11.4 Å². The Morgan fingerprint density at radius 3 is 2.88 bits per heavy atom. The second-order valence-corrected chi connectivity index (χ2v) is 3.59. The number of rotatable bonds is 3. The zero-order valence-corrected chi connectivity index (χ0v) is 9.22. The lowest BCUT2D eigenvalue weighted by atomic mass is 10.1. The molecule has 2 rings (SSSR count). The molecule has 1 aromatic heterocycles. The molecule has 0 radical (unpaired) electrons. The Hall–Kier alpha value is -2.54. The van der Waals surface area contributed by atoms with Gasteiger partial charge in [0.15, 0.2) is 0 Å². The van der Waals surface area contributed by atoms with E-state index in [0.29, 0.717) is 17.8 Å². The normalized spacial score (nSPS) is 9.59. The second kappa shape index (κ2) is 4.99. The first-order chi connectivity index (χ1) is 8.29. The fraction of sp³-hybridized carbons (Fsp3) is 0.0769. The summed E-state index contributed by atoms with van der Waals surface area (Å²) in [7, 11) is 0. The van der Waals surface area contributed by atoms with Gasteiger partial charge in [0, 0.05) is 11.9 Å². The molecule has 0 bridgehead atoms. The Morgan fingerprint density at radius 1 is 1.29 bits per heavy atom. The summed E-state index contributed by atoms with van der Waals surface area (Å²) in [6.45, 7) is 0.583. The SMILES string of the molecule is N#Cc1cc(N)ccc1NCc1ccccn1. The van der Waals surface area contributed by atoms with Crippen molar-refractivity contribution in [2.75, 3.05) is 11.1 Å². The minimum atomic E-state index is 0.543. The fourth-order valence-corrected chi connectivity index (χ4v) is 1.50. The first-order valence-electron chi connectivity index (χ1n) is 5.23. The van der Waals surface area contributed by atoms with E-state index in [9.17, 15) is 0 Å². The van der Waals surface area contributed by atoms with Crippen molar-refractivity contribution in [3.05, 3.63) is 53.9 Å². The molecule has 0 saturated carbocycles. The molecule has 0 spiro atoms. The summed E-state index contributed by atoms with van der Waals surface area (Å²) >= 11 is 0. The Bertz CT molecular complexity index is 543. The third-order valence-corrected chi connectivity index (χ3v) is 2.35. The van der Waals surface area contributed by atoms with Gasteiger partial charge < -0.3 is 11.1 Å². The number of nitrogens with zero attached hydrogens (tertiary/aromatic N) is 2. The molecule has 4 nitrogen and oxygen atoms in total. The van der Waals surface area contributed by atoms with Gasteiger partial charge in [-0.05, 0) is 30.3 Å². The van der Waals surface area contributed by atoms with Gasteiger partial charge >= 0.3 is 0 Å². The highest BCUT2D eigenvalue weighted by molar-refractivity contribution is 5.62. The zero-order valence-electron chi connectivity index (χ0n) is 9.22. The average molecular weight is 224 g/mol. The smallest absolute Gasteiger partial charge is 0.101 e. The van der Waals surface area contributed by atoms with E-state index in [1.807, 2.05) is 18.2 Å². The molecule has 84 valence electrons. The van der Waals surface area contributed by atoms with Crippen molar-refractivity contribution < 1.29 is 0 Å². The van der Waals surface area contributed by atoms with Crippen LogP contribution >= 0.6 is 0 Å². The van der Waals surface area contributed by atoms with E-state index >= 15 is 0 Å². The van der Waals surface area contributed by atoms with Crippen LogP contribution in [0.2, 0.25) is 0 Å². The van der Waals surface area contributed by atoms with Crippen LogP contribution in [0.25, 0.3) is 0 Å². The average Bonchev–Trinajstić information content (AvgIpc) is 2.38. The summed E-state index contributed by atoms with van der Waals surface area (Å²) < 4.78 is 0. The third-order valence-electron chi connectivity index (χ3n) is 2.35. The monoisotopic (exact) mass is 224 g/mol. The minimum Gasteiger partial charge on any atom is -0.399 e. The third kappa shape index (κ3) is 2.73. The van der Waals surface area contributed by atoms with Crippen LogP contribution in [-0.4, -0.2) is 4.98 Å². The van der Waals surface area contributed by atoms with Crippen LogP contribution in [0.15, 0.2) is 42.6 Å². The number of hydrogen-bond acceptors (Lipinski definition) is 4.